The van der Waals surface area contributed by atoms with Gasteiger partial charge in [0.2, 0.25) is 0 Å². The molecule has 0 aromatic rings. The zero-order valence-electron chi connectivity index (χ0n) is 14.6. The number of methoxy groups -OCH3 is 1. The smallest absolute Gasteiger partial charge is 0.277 e. The van der Waals surface area contributed by atoms with E-state index in [4.69, 9.17) is 14.0 Å². The Kier molecular flexibility index (Phi) is 8.05. The maximum absolute atomic E-state index is 11.9. The molecule has 0 heterocycles. The normalized spacial score (nSPS) is 15.7. The fourth-order valence-electron chi connectivity index (χ4n) is 1.49. The quantitative estimate of drug-likeness (QED) is 0.545. The molecule has 0 spiro atoms. The van der Waals surface area contributed by atoms with Crippen LogP contribution in [0.2, 0.25) is 18.1 Å². The largest absolute Gasteiger partial charge is 0.417 e. The van der Waals surface area contributed by atoms with Crippen LogP contribution >= 0.6 is 0 Å². The van der Waals surface area contributed by atoms with Crippen molar-refractivity contribution in [2.45, 2.75) is 57.5 Å². The molecule has 21 heavy (non-hydrogen) atoms. The van der Waals surface area contributed by atoms with Crippen LogP contribution in [0, 0.1) is 0 Å². The fourth-order valence-corrected chi connectivity index (χ4v) is 2.56. The topological polar surface area (TPSA) is 68.2 Å². The predicted molar refractivity (Wildman–Crippen MR) is 84.3 cm³/mol. The third-order valence-electron chi connectivity index (χ3n) is 4.11. The molecule has 0 unspecified atom stereocenters. The number of hydroxylamine groups is 2. The first-order chi connectivity index (χ1) is 9.47. The van der Waals surface area contributed by atoms with Crippen molar-refractivity contribution in [3.63, 3.8) is 0 Å². The molecule has 0 radical (unpaired) electrons. The molecule has 1 N–H and O–H groups in total. The van der Waals surface area contributed by atoms with Crippen LogP contribution in [0.25, 0.3) is 0 Å². The molecule has 0 rings (SSSR count). The summed E-state index contributed by atoms with van der Waals surface area (Å²) in [4.78, 5) is 16.8. The minimum Gasteiger partial charge on any atom is -0.417 e. The van der Waals surface area contributed by atoms with Crippen molar-refractivity contribution < 1.29 is 23.9 Å². The van der Waals surface area contributed by atoms with Crippen molar-refractivity contribution in [3.8, 4) is 0 Å². The molecule has 0 aromatic heterocycles. The van der Waals surface area contributed by atoms with E-state index in [9.17, 15) is 9.90 Å². The van der Waals surface area contributed by atoms with Gasteiger partial charge in [-0.25, -0.2) is 5.06 Å². The molecule has 7 heteroatoms. The molecule has 0 saturated carbocycles. The van der Waals surface area contributed by atoms with Gasteiger partial charge in [0.1, 0.15) is 0 Å². The van der Waals surface area contributed by atoms with Crippen molar-refractivity contribution in [1.82, 2.24) is 5.06 Å². The highest BCUT2D eigenvalue weighted by Gasteiger charge is 2.37. The lowest BCUT2D eigenvalue weighted by atomic mass is 10.1. The summed E-state index contributed by atoms with van der Waals surface area (Å²) >= 11 is 0. The molecule has 0 bridgehead atoms. The van der Waals surface area contributed by atoms with E-state index in [0.717, 1.165) is 5.06 Å². The van der Waals surface area contributed by atoms with Crippen molar-refractivity contribution >= 4 is 14.2 Å². The van der Waals surface area contributed by atoms with Gasteiger partial charge in [0.05, 0.1) is 13.2 Å². The molecule has 0 fully saturated rings. The Morgan fingerprint density at radius 3 is 2.19 bits per heavy atom. The van der Waals surface area contributed by atoms with Crippen LogP contribution in [0.4, 0.5) is 0 Å². The first-order valence-electron chi connectivity index (χ1n) is 7.14. The van der Waals surface area contributed by atoms with E-state index in [2.05, 4.69) is 33.9 Å². The molecular formula is C14H31NO5Si. The van der Waals surface area contributed by atoms with Crippen LogP contribution < -0.4 is 0 Å². The van der Waals surface area contributed by atoms with E-state index in [0.29, 0.717) is 13.0 Å². The highest BCUT2D eigenvalue weighted by molar-refractivity contribution is 6.74. The number of hydrogen-bond donors (Lipinski definition) is 1. The number of rotatable bonds is 8. The second-order valence-corrected chi connectivity index (χ2v) is 11.4. The first kappa shape index (κ1) is 20.5. The zero-order valence-corrected chi connectivity index (χ0v) is 15.6. The Morgan fingerprint density at radius 2 is 1.81 bits per heavy atom. The lowest BCUT2D eigenvalue weighted by molar-refractivity contribution is -0.185. The van der Waals surface area contributed by atoms with Crippen molar-refractivity contribution in [3.05, 3.63) is 0 Å². The number of aliphatic hydroxyl groups excluding tert-OH is 1. The number of ether oxygens (including phenoxy) is 1. The number of carbonyl (C=O) groups excluding carboxylic acids is 1. The third kappa shape index (κ3) is 6.04. The van der Waals surface area contributed by atoms with Gasteiger partial charge in [-0.3, -0.25) is 9.63 Å². The molecule has 0 aromatic carbocycles. The zero-order chi connectivity index (χ0) is 16.8. The van der Waals surface area contributed by atoms with Crippen LogP contribution in [0.3, 0.4) is 0 Å². The SMILES string of the molecule is CO[C@H](C(=O)N(C)OC)[C@H](O)CCO[Si](C)(C)C(C)(C)C. The van der Waals surface area contributed by atoms with Gasteiger partial charge in [-0.05, 0) is 24.6 Å². The van der Waals surface area contributed by atoms with Gasteiger partial charge in [0, 0.05) is 20.8 Å². The summed E-state index contributed by atoms with van der Waals surface area (Å²) in [6.45, 7) is 11.2. The number of hydrogen-bond acceptors (Lipinski definition) is 5. The first-order valence-corrected chi connectivity index (χ1v) is 10.0. The number of likely N-dealkylation sites (N-methyl/N-ethyl adjacent to an activating group) is 1. The van der Waals surface area contributed by atoms with Crippen LogP contribution in [0.5, 0.6) is 0 Å². The molecular weight excluding hydrogens is 290 g/mol. The summed E-state index contributed by atoms with van der Waals surface area (Å²) in [7, 11) is 2.41. The lowest BCUT2D eigenvalue weighted by Gasteiger charge is -2.36. The second-order valence-electron chi connectivity index (χ2n) is 6.64. The lowest BCUT2D eigenvalue weighted by Crippen LogP contribution is -2.45. The van der Waals surface area contributed by atoms with E-state index in [1.165, 1.54) is 21.3 Å². The monoisotopic (exact) mass is 321 g/mol. The maximum atomic E-state index is 11.9. The van der Waals surface area contributed by atoms with Gasteiger partial charge in [-0.15, -0.1) is 0 Å². The number of aliphatic hydroxyl groups is 1. The van der Waals surface area contributed by atoms with Crippen LogP contribution in [0.15, 0.2) is 0 Å². The highest BCUT2D eigenvalue weighted by atomic mass is 28.4. The molecule has 2 atom stereocenters. The molecule has 0 saturated heterocycles. The minimum atomic E-state index is -1.84. The van der Waals surface area contributed by atoms with Crippen LogP contribution in [0.1, 0.15) is 27.2 Å². The van der Waals surface area contributed by atoms with Gasteiger partial charge < -0.3 is 14.3 Å². The molecule has 126 valence electrons. The van der Waals surface area contributed by atoms with E-state index >= 15 is 0 Å². The minimum absolute atomic E-state index is 0.116. The maximum Gasteiger partial charge on any atom is 0.277 e. The molecule has 0 aliphatic heterocycles. The fraction of sp³-hybridized carbons (Fsp3) is 0.929. The average Bonchev–Trinajstić information content (AvgIpc) is 2.36. The third-order valence-corrected chi connectivity index (χ3v) is 8.65. The molecule has 6 nitrogen and oxygen atoms in total. The van der Waals surface area contributed by atoms with Crippen molar-refractivity contribution in [1.29, 1.82) is 0 Å². The Bertz CT molecular complexity index is 330. The number of nitrogens with zero attached hydrogens (tertiary/aromatic N) is 1. The summed E-state index contributed by atoms with van der Waals surface area (Å²) in [5, 5.41) is 11.3. The van der Waals surface area contributed by atoms with Crippen LogP contribution in [-0.2, 0) is 18.8 Å². The van der Waals surface area contributed by atoms with E-state index in [1.54, 1.807) is 0 Å². The van der Waals surface area contributed by atoms with Gasteiger partial charge in [-0.2, -0.15) is 0 Å². The Hall–Kier alpha value is -0.473. The van der Waals surface area contributed by atoms with Crippen molar-refractivity contribution in [2.24, 2.45) is 0 Å². The van der Waals surface area contributed by atoms with Crippen molar-refractivity contribution in [2.75, 3.05) is 27.9 Å². The van der Waals surface area contributed by atoms with Gasteiger partial charge in [-0.1, -0.05) is 20.8 Å². The van der Waals surface area contributed by atoms with Gasteiger partial charge >= 0.3 is 0 Å². The summed E-state index contributed by atoms with van der Waals surface area (Å²) in [5.74, 6) is -0.417. The standard InChI is InChI=1S/C14H31NO5Si/c1-14(2,3)21(7,8)20-10-9-11(16)12(18-5)13(17)15(4)19-6/h11-12,16H,9-10H2,1-8H3/t11-,12+/m1/s1. The summed E-state index contributed by atoms with van der Waals surface area (Å²) < 4.78 is 11.1. The average molecular weight is 321 g/mol. The summed E-state index contributed by atoms with van der Waals surface area (Å²) in [5.41, 5.74) is 0. The highest BCUT2D eigenvalue weighted by Crippen LogP contribution is 2.36. The molecule has 0 aliphatic carbocycles. The van der Waals surface area contributed by atoms with Gasteiger partial charge in [0.15, 0.2) is 14.4 Å². The van der Waals surface area contributed by atoms with E-state index in [-0.39, 0.29) is 5.04 Å². The summed E-state index contributed by atoms with van der Waals surface area (Å²) in [6, 6.07) is 0. The van der Waals surface area contributed by atoms with Gasteiger partial charge in [0.25, 0.3) is 5.91 Å². The number of amides is 1. The van der Waals surface area contributed by atoms with E-state index < -0.39 is 26.4 Å². The number of carbonyl (C=O) groups is 1. The second kappa shape index (κ2) is 8.24. The Morgan fingerprint density at radius 1 is 1.29 bits per heavy atom. The van der Waals surface area contributed by atoms with E-state index in [1.807, 2.05) is 0 Å². The predicted octanol–water partition coefficient (Wildman–Crippen LogP) is 1.79. The Balaban J connectivity index is 4.48. The summed E-state index contributed by atoms with van der Waals surface area (Å²) in [6.07, 6.45) is -1.53. The molecule has 1 amide bonds. The van der Waals surface area contributed by atoms with Crippen LogP contribution in [-0.4, -0.2) is 64.5 Å². The molecule has 0 aliphatic rings. The Labute approximate surface area is 129 Å².